The van der Waals surface area contributed by atoms with Gasteiger partial charge in [0.2, 0.25) is 5.91 Å². The highest BCUT2D eigenvalue weighted by Gasteiger charge is 2.37. The normalized spacial score (nSPS) is 24.1. The van der Waals surface area contributed by atoms with Crippen molar-refractivity contribution in [2.45, 2.75) is 44.2 Å². The number of fused-ring (bicyclic) bond motifs is 2. The van der Waals surface area contributed by atoms with Crippen LogP contribution in [0.2, 0.25) is 0 Å². The van der Waals surface area contributed by atoms with Gasteiger partial charge in [-0.25, -0.2) is 0 Å². The molecule has 1 amide bonds. The van der Waals surface area contributed by atoms with E-state index in [-0.39, 0.29) is 0 Å². The van der Waals surface area contributed by atoms with Gasteiger partial charge in [-0.1, -0.05) is 22.0 Å². The molecule has 2 atom stereocenters. The highest BCUT2D eigenvalue weighted by atomic mass is 79.9. The largest absolute Gasteiger partial charge is 0.494 e. The lowest BCUT2D eigenvalue weighted by molar-refractivity contribution is -0.134. The lowest BCUT2D eigenvalue weighted by Crippen LogP contribution is -2.42. The van der Waals surface area contributed by atoms with Gasteiger partial charge in [0.15, 0.2) is 0 Å². The van der Waals surface area contributed by atoms with Crippen LogP contribution in [-0.2, 0) is 4.79 Å². The first-order valence-corrected chi connectivity index (χ1v) is 8.93. The van der Waals surface area contributed by atoms with Gasteiger partial charge in [-0.05, 0) is 50.4 Å². The number of amides is 1. The van der Waals surface area contributed by atoms with Gasteiger partial charge in [0.05, 0.1) is 6.61 Å². The summed E-state index contributed by atoms with van der Waals surface area (Å²) in [7, 11) is 0. The van der Waals surface area contributed by atoms with E-state index in [1.807, 2.05) is 24.3 Å². The molecule has 1 aromatic rings. The Kier molecular flexibility index (Phi) is 5.37. The quantitative estimate of drug-likeness (QED) is 0.814. The maximum absolute atomic E-state index is 12.5. The minimum Gasteiger partial charge on any atom is -0.494 e. The van der Waals surface area contributed by atoms with Crippen molar-refractivity contribution in [2.75, 3.05) is 19.7 Å². The van der Waals surface area contributed by atoms with Crippen molar-refractivity contribution in [3.8, 4) is 5.75 Å². The molecule has 22 heavy (non-hydrogen) atoms. The zero-order chi connectivity index (χ0) is 15.4. The molecule has 0 radical (unpaired) electrons. The molecule has 120 valence electrons. The molecule has 2 unspecified atom stereocenters. The van der Waals surface area contributed by atoms with Gasteiger partial charge in [-0.2, -0.15) is 0 Å². The van der Waals surface area contributed by atoms with E-state index in [4.69, 9.17) is 4.74 Å². The molecular weight excluding hydrogens is 344 g/mol. The summed E-state index contributed by atoms with van der Waals surface area (Å²) in [6.45, 7) is 2.58. The standard InChI is InChI=1S/C17H23BrN2O2/c18-13-3-1-4-16(11-13)22-10-2-5-17(21)20-14-6-7-15(20)12-19-9-8-14/h1,3-4,11,14-15,19H,2,5-10,12H2. The Morgan fingerprint density at radius 3 is 3.05 bits per heavy atom. The monoisotopic (exact) mass is 366 g/mol. The molecule has 3 rings (SSSR count). The molecule has 2 bridgehead atoms. The fourth-order valence-corrected chi connectivity index (χ4v) is 3.87. The highest BCUT2D eigenvalue weighted by molar-refractivity contribution is 9.10. The first-order chi connectivity index (χ1) is 10.7. The Hall–Kier alpha value is -1.07. The van der Waals surface area contributed by atoms with Gasteiger partial charge in [-0.3, -0.25) is 4.79 Å². The van der Waals surface area contributed by atoms with Crippen LogP contribution in [-0.4, -0.2) is 42.6 Å². The summed E-state index contributed by atoms with van der Waals surface area (Å²) in [6.07, 6.45) is 4.77. The minimum atomic E-state index is 0.300. The predicted octanol–water partition coefficient (Wildman–Crippen LogP) is 2.96. The first kappa shape index (κ1) is 15.8. The van der Waals surface area contributed by atoms with Crippen molar-refractivity contribution < 1.29 is 9.53 Å². The molecule has 0 saturated carbocycles. The smallest absolute Gasteiger partial charge is 0.223 e. The molecule has 0 aliphatic carbocycles. The van der Waals surface area contributed by atoms with Crippen LogP contribution in [0, 0.1) is 0 Å². The molecule has 4 nitrogen and oxygen atoms in total. The molecule has 5 heteroatoms. The van der Waals surface area contributed by atoms with Crippen LogP contribution in [0.3, 0.4) is 0 Å². The summed E-state index contributed by atoms with van der Waals surface area (Å²) in [5, 5.41) is 3.43. The lowest BCUT2D eigenvalue weighted by Gasteiger charge is -2.28. The number of nitrogens with one attached hydrogen (secondary N) is 1. The highest BCUT2D eigenvalue weighted by Crippen LogP contribution is 2.28. The summed E-state index contributed by atoms with van der Waals surface area (Å²) in [5.74, 6) is 1.15. The summed E-state index contributed by atoms with van der Waals surface area (Å²) in [4.78, 5) is 14.7. The van der Waals surface area contributed by atoms with Crippen molar-refractivity contribution >= 4 is 21.8 Å². The average molecular weight is 367 g/mol. The molecule has 1 aromatic carbocycles. The second kappa shape index (κ2) is 7.47. The third kappa shape index (κ3) is 3.82. The Labute approximate surface area is 140 Å². The number of benzene rings is 1. The molecule has 0 aromatic heterocycles. The second-order valence-electron chi connectivity index (χ2n) is 6.09. The zero-order valence-corrected chi connectivity index (χ0v) is 14.3. The minimum absolute atomic E-state index is 0.300. The fourth-order valence-electron chi connectivity index (χ4n) is 3.49. The van der Waals surface area contributed by atoms with Gasteiger partial charge >= 0.3 is 0 Å². The summed E-state index contributed by atoms with van der Waals surface area (Å²) in [5.41, 5.74) is 0. The SMILES string of the molecule is O=C(CCCOc1cccc(Br)c1)N1C2CCNCC1CC2. The van der Waals surface area contributed by atoms with Crippen LogP contribution in [0.25, 0.3) is 0 Å². The average Bonchev–Trinajstić information content (AvgIpc) is 2.77. The van der Waals surface area contributed by atoms with Gasteiger partial charge in [0.25, 0.3) is 0 Å². The molecule has 2 aliphatic heterocycles. The molecule has 2 aliphatic rings. The van der Waals surface area contributed by atoms with E-state index < -0.39 is 0 Å². The van der Waals surface area contributed by atoms with E-state index >= 15 is 0 Å². The van der Waals surface area contributed by atoms with Crippen LogP contribution in [0.5, 0.6) is 5.75 Å². The molecule has 0 spiro atoms. The van der Waals surface area contributed by atoms with E-state index in [2.05, 4.69) is 26.1 Å². The second-order valence-corrected chi connectivity index (χ2v) is 7.00. The van der Waals surface area contributed by atoms with Gasteiger partial charge < -0.3 is 15.0 Å². The van der Waals surface area contributed by atoms with Crippen molar-refractivity contribution in [1.29, 1.82) is 0 Å². The Morgan fingerprint density at radius 2 is 2.18 bits per heavy atom. The van der Waals surface area contributed by atoms with Gasteiger partial charge in [0, 0.05) is 29.5 Å². The van der Waals surface area contributed by atoms with Crippen LogP contribution in [0.4, 0.5) is 0 Å². The van der Waals surface area contributed by atoms with Crippen molar-refractivity contribution in [3.05, 3.63) is 28.7 Å². The number of halogens is 1. The molecule has 2 saturated heterocycles. The maximum atomic E-state index is 12.5. The Morgan fingerprint density at radius 1 is 1.32 bits per heavy atom. The summed E-state index contributed by atoms with van der Waals surface area (Å²) < 4.78 is 6.71. The first-order valence-electron chi connectivity index (χ1n) is 8.14. The molecular formula is C17H23BrN2O2. The lowest BCUT2D eigenvalue weighted by atomic mass is 10.1. The molecule has 1 N–H and O–H groups in total. The summed E-state index contributed by atoms with van der Waals surface area (Å²) >= 11 is 3.43. The predicted molar refractivity (Wildman–Crippen MR) is 90.0 cm³/mol. The third-order valence-electron chi connectivity index (χ3n) is 4.54. The number of nitrogens with zero attached hydrogens (tertiary/aromatic N) is 1. The van der Waals surface area contributed by atoms with Crippen molar-refractivity contribution in [3.63, 3.8) is 0 Å². The van der Waals surface area contributed by atoms with Crippen LogP contribution >= 0.6 is 15.9 Å². The number of hydrogen-bond acceptors (Lipinski definition) is 3. The third-order valence-corrected chi connectivity index (χ3v) is 5.04. The molecule has 2 heterocycles. The van der Waals surface area contributed by atoms with Crippen molar-refractivity contribution in [2.24, 2.45) is 0 Å². The Bertz CT molecular complexity index is 509. The number of rotatable bonds is 5. The maximum Gasteiger partial charge on any atom is 0.223 e. The topological polar surface area (TPSA) is 41.6 Å². The van der Waals surface area contributed by atoms with E-state index in [0.717, 1.165) is 42.6 Å². The van der Waals surface area contributed by atoms with E-state index in [1.54, 1.807) is 0 Å². The number of hydrogen-bond donors (Lipinski definition) is 1. The van der Waals surface area contributed by atoms with E-state index in [0.29, 0.717) is 31.0 Å². The number of carbonyl (C=O) groups excluding carboxylic acids is 1. The molecule has 2 fully saturated rings. The van der Waals surface area contributed by atoms with Gasteiger partial charge in [0.1, 0.15) is 5.75 Å². The fraction of sp³-hybridized carbons (Fsp3) is 0.588. The Balaban J connectivity index is 1.44. The number of carbonyl (C=O) groups is 1. The number of ether oxygens (including phenoxy) is 1. The van der Waals surface area contributed by atoms with Crippen LogP contribution in [0.1, 0.15) is 32.1 Å². The zero-order valence-electron chi connectivity index (χ0n) is 12.8. The van der Waals surface area contributed by atoms with Gasteiger partial charge in [-0.15, -0.1) is 0 Å². The van der Waals surface area contributed by atoms with Crippen molar-refractivity contribution in [1.82, 2.24) is 10.2 Å². The van der Waals surface area contributed by atoms with E-state index in [1.165, 1.54) is 6.42 Å². The summed E-state index contributed by atoms with van der Waals surface area (Å²) in [6, 6.07) is 8.67. The van der Waals surface area contributed by atoms with E-state index in [9.17, 15) is 4.79 Å². The van der Waals surface area contributed by atoms with Crippen LogP contribution in [0.15, 0.2) is 28.7 Å². The van der Waals surface area contributed by atoms with Crippen LogP contribution < -0.4 is 10.1 Å².